The van der Waals surface area contributed by atoms with Crippen LogP contribution in [0.5, 0.6) is 5.75 Å². The van der Waals surface area contributed by atoms with Gasteiger partial charge in [0.2, 0.25) is 5.91 Å². The highest BCUT2D eigenvalue weighted by molar-refractivity contribution is 7.85. The molecule has 0 radical (unpaired) electrons. The summed E-state index contributed by atoms with van der Waals surface area (Å²) in [5.74, 6) is -0.430. The molecule has 1 saturated carbocycles. The quantitative estimate of drug-likeness (QED) is 0.139. The normalized spacial score (nSPS) is 16.6. The smallest absolute Gasteiger partial charge is 0.266 e. The molecule has 48 heavy (non-hydrogen) atoms. The summed E-state index contributed by atoms with van der Waals surface area (Å²) in [6.45, 7) is 4.90. The number of halogens is 2. The van der Waals surface area contributed by atoms with E-state index < -0.39 is 27.6 Å². The second-order valence-corrected chi connectivity index (χ2v) is 14.4. The zero-order chi connectivity index (χ0) is 34.2. The molecule has 0 saturated heterocycles. The maximum absolute atomic E-state index is 15.1. The lowest BCUT2D eigenvalue weighted by atomic mass is 9.92. The molecule has 13 heteroatoms. The summed E-state index contributed by atoms with van der Waals surface area (Å²) in [6, 6.07) is 14.2. The van der Waals surface area contributed by atoms with Crippen molar-refractivity contribution < 1.29 is 31.7 Å². The second-order valence-electron chi connectivity index (χ2n) is 12.4. The molecule has 2 N–H and O–H groups in total. The van der Waals surface area contributed by atoms with Crippen molar-refractivity contribution in [2.75, 3.05) is 30.3 Å². The zero-order valence-corrected chi connectivity index (χ0v) is 28.2. The molecule has 2 heterocycles. The SMILES string of the molecule is Cc1cccc(OCCCC(=O)N2CC3CC3c3c(-c4cnn(Cc5c(F)cc(C(=O)NCCS(=O)(=O)O)cc5Cl)c4)cccc32)c1C. The van der Waals surface area contributed by atoms with Gasteiger partial charge in [-0.2, -0.15) is 13.5 Å². The van der Waals surface area contributed by atoms with Crippen LogP contribution in [0.1, 0.15) is 57.8 Å². The minimum absolute atomic E-state index is 0.00511. The topological polar surface area (TPSA) is 131 Å². The fraction of sp³-hybridized carbons (Fsp3) is 0.343. The fourth-order valence-corrected chi connectivity index (χ4v) is 6.88. The summed E-state index contributed by atoms with van der Waals surface area (Å²) in [5.41, 5.74) is 6.18. The first kappa shape index (κ1) is 33.6. The Labute approximate surface area is 283 Å². The van der Waals surface area contributed by atoms with Gasteiger partial charge >= 0.3 is 0 Å². The van der Waals surface area contributed by atoms with Crippen molar-refractivity contribution in [3.05, 3.63) is 99.6 Å². The van der Waals surface area contributed by atoms with Crippen LogP contribution < -0.4 is 15.0 Å². The number of nitrogens with zero attached hydrogens (tertiary/aromatic N) is 3. The molecular weight excluding hydrogens is 659 g/mol. The summed E-state index contributed by atoms with van der Waals surface area (Å²) in [5, 5.41) is 6.78. The van der Waals surface area contributed by atoms with E-state index in [-0.39, 0.29) is 35.1 Å². The van der Waals surface area contributed by atoms with Gasteiger partial charge in [-0.3, -0.25) is 18.8 Å². The molecule has 2 aliphatic rings. The number of anilines is 1. The number of carbonyl (C=O) groups is 2. The molecule has 3 aromatic carbocycles. The minimum Gasteiger partial charge on any atom is -0.493 e. The number of benzene rings is 3. The molecule has 2 atom stereocenters. The van der Waals surface area contributed by atoms with E-state index in [0.29, 0.717) is 37.8 Å². The van der Waals surface area contributed by atoms with Crippen LogP contribution in [-0.2, 0) is 21.5 Å². The molecule has 0 spiro atoms. The molecule has 2 unspecified atom stereocenters. The molecule has 1 fully saturated rings. The Kier molecular flexibility index (Phi) is 9.60. The second kappa shape index (κ2) is 13.7. The van der Waals surface area contributed by atoms with E-state index in [9.17, 15) is 18.0 Å². The number of carbonyl (C=O) groups excluding carboxylic acids is 2. The first-order valence-corrected chi connectivity index (χ1v) is 17.7. The standard InChI is InChI=1S/C35H36ClFN4O6S/c1-21-6-3-9-32(22(21)2)47-12-5-10-33(42)41-19-24-14-27(24)34-26(7-4-8-31(34)41)25-17-39-40(18-25)20-28-29(36)15-23(16-30(28)37)35(43)38-11-13-48(44,45)46/h3-4,6-9,15-18,24,27H,5,10-14,19-20H2,1-2H3,(H,38,43)(H,44,45,46). The van der Waals surface area contributed by atoms with E-state index in [1.807, 2.05) is 61.3 Å². The zero-order valence-electron chi connectivity index (χ0n) is 26.6. The molecular formula is C35H36ClFN4O6S. The van der Waals surface area contributed by atoms with Crippen molar-refractivity contribution in [2.45, 2.75) is 45.6 Å². The van der Waals surface area contributed by atoms with E-state index in [2.05, 4.69) is 10.4 Å². The van der Waals surface area contributed by atoms with E-state index in [4.69, 9.17) is 20.9 Å². The lowest BCUT2D eigenvalue weighted by Gasteiger charge is -2.30. The number of aromatic nitrogens is 2. The highest BCUT2D eigenvalue weighted by atomic mass is 35.5. The maximum Gasteiger partial charge on any atom is 0.266 e. The molecule has 10 nitrogen and oxygen atoms in total. The van der Waals surface area contributed by atoms with Crippen LogP contribution in [0.3, 0.4) is 0 Å². The van der Waals surface area contributed by atoms with E-state index in [1.54, 1.807) is 10.9 Å². The predicted octanol–water partition coefficient (Wildman–Crippen LogP) is 5.93. The fourth-order valence-electron chi connectivity index (χ4n) is 6.25. The average Bonchev–Trinajstić information content (AvgIpc) is 3.68. The Morgan fingerprint density at radius 3 is 2.73 bits per heavy atom. The van der Waals surface area contributed by atoms with Gasteiger partial charge in [0.05, 0.1) is 25.1 Å². The number of fused-ring (bicyclic) bond motifs is 3. The molecule has 1 aliphatic carbocycles. The van der Waals surface area contributed by atoms with Gasteiger partial charge in [-0.15, -0.1) is 0 Å². The van der Waals surface area contributed by atoms with Crippen molar-refractivity contribution >= 4 is 39.2 Å². The molecule has 0 bridgehead atoms. The summed E-state index contributed by atoms with van der Waals surface area (Å²) in [4.78, 5) is 27.7. The van der Waals surface area contributed by atoms with E-state index >= 15 is 4.39 Å². The van der Waals surface area contributed by atoms with Crippen molar-refractivity contribution in [1.82, 2.24) is 15.1 Å². The first-order valence-electron chi connectivity index (χ1n) is 15.8. The summed E-state index contributed by atoms with van der Waals surface area (Å²) < 4.78 is 53.3. The highest BCUT2D eigenvalue weighted by Gasteiger charge is 2.47. The van der Waals surface area contributed by atoms with Gasteiger partial charge in [0, 0.05) is 53.1 Å². The molecule has 4 aromatic rings. The monoisotopic (exact) mass is 694 g/mol. The number of hydrogen-bond donors (Lipinski definition) is 2. The van der Waals surface area contributed by atoms with Crippen molar-refractivity contribution in [1.29, 1.82) is 0 Å². The predicted molar refractivity (Wildman–Crippen MR) is 181 cm³/mol. The van der Waals surface area contributed by atoms with Gasteiger partial charge in [-0.25, -0.2) is 4.39 Å². The lowest BCUT2D eigenvalue weighted by Crippen LogP contribution is -2.36. The lowest BCUT2D eigenvalue weighted by molar-refractivity contribution is -0.119. The van der Waals surface area contributed by atoms with Crippen molar-refractivity contribution in [3.8, 4) is 16.9 Å². The Bertz CT molecular complexity index is 1980. The van der Waals surface area contributed by atoms with Gasteiger partial charge in [0.25, 0.3) is 16.0 Å². The van der Waals surface area contributed by atoms with E-state index in [0.717, 1.165) is 46.2 Å². The van der Waals surface area contributed by atoms with Crippen LogP contribution >= 0.6 is 11.6 Å². The third-order valence-corrected chi connectivity index (χ3v) is 10.1. The van der Waals surface area contributed by atoms with Gasteiger partial charge in [-0.05, 0) is 85.0 Å². The molecule has 252 valence electrons. The molecule has 1 aliphatic heterocycles. The third kappa shape index (κ3) is 7.40. The Morgan fingerprint density at radius 1 is 1.17 bits per heavy atom. The Morgan fingerprint density at radius 2 is 1.96 bits per heavy atom. The van der Waals surface area contributed by atoms with Crippen molar-refractivity contribution in [3.63, 3.8) is 0 Å². The molecule has 2 amide bonds. The van der Waals surface area contributed by atoms with Crippen LogP contribution in [0.15, 0.2) is 60.9 Å². The largest absolute Gasteiger partial charge is 0.493 e. The van der Waals surface area contributed by atoms with Crippen LogP contribution in [0.2, 0.25) is 5.02 Å². The van der Waals surface area contributed by atoms with Crippen molar-refractivity contribution in [2.24, 2.45) is 5.92 Å². The number of hydrogen-bond acceptors (Lipinski definition) is 6. The Hall–Kier alpha value is -4.26. The number of ether oxygens (including phenoxy) is 1. The van der Waals surface area contributed by atoms with Gasteiger partial charge in [0.15, 0.2) is 0 Å². The van der Waals surface area contributed by atoms with E-state index in [1.165, 1.54) is 11.6 Å². The molecule has 1 aromatic heterocycles. The van der Waals surface area contributed by atoms with Crippen LogP contribution in [0.25, 0.3) is 11.1 Å². The summed E-state index contributed by atoms with van der Waals surface area (Å²) >= 11 is 6.37. The summed E-state index contributed by atoms with van der Waals surface area (Å²) in [6.07, 6.45) is 5.51. The van der Waals surface area contributed by atoms with Crippen LogP contribution in [0, 0.1) is 25.6 Å². The number of aryl methyl sites for hydroxylation is 1. The van der Waals surface area contributed by atoms with Gasteiger partial charge in [-0.1, -0.05) is 35.9 Å². The van der Waals surface area contributed by atoms with Crippen LogP contribution in [-0.4, -0.2) is 60.0 Å². The van der Waals surface area contributed by atoms with Crippen LogP contribution in [0.4, 0.5) is 10.1 Å². The molecule has 6 rings (SSSR count). The maximum atomic E-state index is 15.1. The average molecular weight is 695 g/mol. The number of amides is 2. The summed E-state index contributed by atoms with van der Waals surface area (Å²) in [7, 11) is -4.25. The third-order valence-electron chi connectivity index (χ3n) is 9.05. The van der Waals surface area contributed by atoms with Gasteiger partial charge in [0.1, 0.15) is 11.6 Å². The number of rotatable bonds is 12. The highest BCUT2D eigenvalue weighted by Crippen LogP contribution is 2.57. The van der Waals surface area contributed by atoms with Gasteiger partial charge < -0.3 is 15.0 Å². The number of nitrogens with one attached hydrogen (secondary N) is 1. The first-order chi connectivity index (χ1) is 22.9. The Balaban J connectivity index is 1.13. The minimum atomic E-state index is -4.25.